The molecule has 0 spiro atoms. The van der Waals surface area contributed by atoms with E-state index in [9.17, 15) is 4.79 Å². The highest BCUT2D eigenvalue weighted by atomic mass is 35.6. The summed E-state index contributed by atoms with van der Waals surface area (Å²) in [5.41, 5.74) is 1.74. The zero-order valence-electron chi connectivity index (χ0n) is 11.7. The number of alkyl halides is 3. The van der Waals surface area contributed by atoms with E-state index in [1.807, 2.05) is 25.1 Å². The molecule has 22 heavy (non-hydrogen) atoms. The summed E-state index contributed by atoms with van der Waals surface area (Å²) in [6.07, 6.45) is -0.692. The highest BCUT2D eigenvalue weighted by Gasteiger charge is 2.35. The average Bonchev–Trinajstić information content (AvgIpc) is 2.46. The number of rotatable bonds is 3. The number of nitrogens with one attached hydrogen (secondary N) is 1. The van der Waals surface area contributed by atoms with Crippen LogP contribution >= 0.6 is 34.8 Å². The van der Waals surface area contributed by atoms with Crippen molar-refractivity contribution in [3.8, 4) is 5.75 Å². The number of hydrogen-bond donors (Lipinski definition) is 1. The molecule has 3 nitrogen and oxygen atoms in total. The maximum Gasteiger partial charge on any atom is 0.413 e. The number of hydrogen-bond acceptors (Lipinski definition) is 2. The van der Waals surface area contributed by atoms with Crippen molar-refractivity contribution in [3.63, 3.8) is 0 Å². The van der Waals surface area contributed by atoms with Crippen LogP contribution in [0.4, 0.5) is 4.79 Å². The summed E-state index contributed by atoms with van der Waals surface area (Å²) in [7, 11) is 0. The third kappa shape index (κ3) is 4.80. The Morgan fingerprint density at radius 3 is 2.18 bits per heavy atom. The predicted molar refractivity (Wildman–Crippen MR) is 89.8 cm³/mol. The fourth-order valence-corrected chi connectivity index (χ4v) is 2.40. The lowest BCUT2D eigenvalue weighted by atomic mass is 10.1. The van der Waals surface area contributed by atoms with Gasteiger partial charge in [-0.05, 0) is 24.6 Å². The van der Waals surface area contributed by atoms with E-state index in [1.54, 1.807) is 36.4 Å². The van der Waals surface area contributed by atoms with E-state index in [4.69, 9.17) is 39.5 Å². The van der Waals surface area contributed by atoms with Gasteiger partial charge in [0, 0.05) is 0 Å². The second-order valence-electron chi connectivity index (χ2n) is 4.73. The van der Waals surface area contributed by atoms with E-state index in [0.29, 0.717) is 11.3 Å². The number of aryl methyl sites for hydroxylation is 1. The van der Waals surface area contributed by atoms with E-state index in [1.165, 1.54) is 0 Å². The first-order valence-corrected chi connectivity index (χ1v) is 7.66. The Labute approximate surface area is 144 Å². The van der Waals surface area contributed by atoms with Gasteiger partial charge in [-0.1, -0.05) is 82.8 Å². The lowest BCUT2D eigenvalue weighted by molar-refractivity contribution is 0.196. The second kappa shape index (κ2) is 7.23. The van der Waals surface area contributed by atoms with Crippen LogP contribution < -0.4 is 10.1 Å². The van der Waals surface area contributed by atoms with E-state index >= 15 is 0 Å². The fourth-order valence-electron chi connectivity index (χ4n) is 1.86. The van der Waals surface area contributed by atoms with Crippen LogP contribution in [0.2, 0.25) is 0 Å². The van der Waals surface area contributed by atoms with Crippen LogP contribution in [0.5, 0.6) is 5.75 Å². The second-order valence-corrected chi connectivity index (χ2v) is 7.10. The SMILES string of the molecule is Cc1ccc(C(NC(=O)Oc2ccccc2)C(Cl)(Cl)Cl)cc1. The van der Waals surface area contributed by atoms with Crippen molar-refractivity contribution in [2.45, 2.75) is 16.8 Å². The number of amides is 1. The van der Waals surface area contributed by atoms with Gasteiger partial charge in [0.05, 0.1) is 0 Å². The Morgan fingerprint density at radius 1 is 1.05 bits per heavy atom. The van der Waals surface area contributed by atoms with Crippen LogP contribution in [0, 0.1) is 6.92 Å². The summed E-state index contributed by atoms with van der Waals surface area (Å²) in [6.45, 7) is 1.95. The summed E-state index contributed by atoms with van der Waals surface area (Å²) in [5.74, 6) is 0.409. The summed E-state index contributed by atoms with van der Waals surface area (Å²) in [4.78, 5) is 12.0. The predicted octanol–water partition coefficient (Wildman–Crippen LogP) is 5.19. The molecule has 116 valence electrons. The van der Waals surface area contributed by atoms with Crippen molar-refractivity contribution in [1.29, 1.82) is 0 Å². The van der Waals surface area contributed by atoms with Crippen molar-refractivity contribution in [2.24, 2.45) is 0 Å². The molecule has 0 fully saturated rings. The maximum atomic E-state index is 12.0. The van der Waals surface area contributed by atoms with Gasteiger partial charge in [0.15, 0.2) is 0 Å². The van der Waals surface area contributed by atoms with E-state index in [-0.39, 0.29) is 0 Å². The Bertz CT molecular complexity index is 624. The summed E-state index contributed by atoms with van der Waals surface area (Å²) < 4.78 is 3.46. The quantitative estimate of drug-likeness (QED) is 0.766. The number of halogens is 3. The highest BCUT2D eigenvalue weighted by Crippen LogP contribution is 2.39. The topological polar surface area (TPSA) is 38.3 Å². The summed E-state index contributed by atoms with van der Waals surface area (Å²) >= 11 is 17.9. The standard InChI is InChI=1S/C16H14Cl3NO2/c1-11-7-9-12(10-8-11)14(16(17,18)19)20-15(21)22-13-5-3-2-4-6-13/h2-10,14H,1H3,(H,20,21). The molecule has 0 heterocycles. The van der Waals surface area contributed by atoms with Gasteiger partial charge in [0.2, 0.25) is 3.79 Å². The Kier molecular flexibility index (Phi) is 5.57. The fraction of sp³-hybridized carbons (Fsp3) is 0.188. The summed E-state index contributed by atoms with van der Waals surface area (Å²) in [6, 6.07) is 15.2. The molecule has 0 aliphatic rings. The number of para-hydroxylation sites is 1. The molecule has 0 bridgehead atoms. The zero-order chi connectivity index (χ0) is 16.2. The number of carbonyl (C=O) groups excluding carboxylic acids is 1. The molecule has 6 heteroatoms. The first kappa shape index (κ1) is 16.9. The van der Waals surface area contributed by atoms with Gasteiger partial charge in [0.25, 0.3) is 0 Å². The van der Waals surface area contributed by atoms with Crippen molar-refractivity contribution in [2.75, 3.05) is 0 Å². The van der Waals surface area contributed by atoms with Gasteiger partial charge < -0.3 is 10.1 Å². The van der Waals surface area contributed by atoms with Gasteiger partial charge in [-0.25, -0.2) is 4.79 Å². The van der Waals surface area contributed by atoms with Crippen molar-refractivity contribution >= 4 is 40.9 Å². The Balaban J connectivity index is 2.13. The molecule has 1 N–H and O–H groups in total. The van der Waals surface area contributed by atoms with Crippen LogP contribution in [-0.4, -0.2) is 9.89 Å². The first-order chi connectivity index (χ1) is 10.4. The minimum atomic E-state index is -1.70. The molecule has 0 radical (unpaired) electrons. The van der Waals surface area contributed by atoms with Gasteiger partial charge >= 0.3 is 6.09 Å². The maximum absolute atomic E-state index is 12.0. The number of ether oxygens (including phenoxy) is 1. The lowest BCUT2D eigenvalue weighted by Crippen LogP contribution is -2.38. The highest BCUT2D eigenvalue weighted by molar-refractivity contribution is 6.68. The molecular formula is C16H14Cl3NO2. The van der Waals surface area contributed by atoms with Crippen LogP contribution in [0.1, 0.15) is 17.2 Å². The molecule has 0 saturated heterocycles. The molecule has 2 aromatic rings. The van der Waals surface area contributed by atoms with E-state index < -0.39 is 15.9 Å². The third-order valence-electron chi connectivity index (χ3n) is 2.95. The molecule has 1 unspecified atom stereocenters. The molecule has 0 aliphatic heterocycles. The van der Waals surface area contributed by atoms with Crippen molar-refractivity contribution in [1.82, 2.24) is 5.32 Å². The molecule has 1 atom stereocenters. The monoisotopic (exact) mass is 357 g/mol. The Hall–Kier alpha value is -1.42. The molecule has 2 rings (SSSR count). The van der Waals surface area contributed by atoms with E-state index in [2.05, 4.69) is 5.32 Å². The molecule has 0 aliphatic carbocycles. The Morgan fingerprint density at radius 2 is 1.64 bits per heavy atom. The molecular weight excluding hydrogens is 345 g/mol. The minimum absolute atomic E-state index is 0.409. The lowest BCUT2D eigenvalue weighted by Gasteiger charge is -2.25. The first-order valence-electron chi connectivity index (χ1n) is 6.53. The van der Waals surface area contributed by atoms with Crippen LogP contribution in [-0.2, 0) is 0 Å². The molecule has 2 aromatic carbocycles. The number of carbonyl (C=O) groups is 1. The molecule has 0 saturated carbocycles. The largest absolute Gasteiger partial charge is 0.413 e. The van der Waals surface area contributed by atoms with Crippen molar-refractivity contribution in [3.05, 3.63) is 65.7 Å². The van der Waals surface area contributed by atoms with E-state index in [0.717, 1.165) is 5.56 Å². The van der Waals surface area contributed by atoms with Gasteiger partial charge in [-0.2, -0.15) is 0 Å². The van der Waals surface area contributed by atoms with Gasteiger partial charge in [-0.15, -0.1) is 0 Å². The van der Waals surface area contributed by atoms with Crippen molar-refractivity contribution < 1.29 is 9.53 Å². The average molecular weight is 359 g/mol. The number of benzene rings is 2. The zero-order valence-corrected chi connectivity index (χ0v) is 14.0. The third-order valence-corrected chi connectivity index (χ3v) is 3.61. The van der Waals surface area contributed by atoms with Gasteiger partial charge in [-0.3, -0.25) is 0 Å². The van der Waals surface area contributed by atoms with Crippen LogP contribution in [0.25, 0.3) is 0 Å². The van der Waals surface area contributed by atoms with Crippen LogP contribution in [0.3, 0.4) is 0 Å². The molecule has 0 aromatic heterocycles. The minimum Gasteiger partial charge on any atom is -0.410 e. The summed E-state index contributed by atoms with van der Waals surface area (Å²) in [5, 5.41) is 2.58. The molecule has 1 amide bonds. The van der Waals surface area contributed by atoms with Crippen LogP contribution in [0.15, 0.2) is 54.6 Å². The normalized spacial score (nSPS) is 12.5. The smallest absolute Gasteiger partial charge is 0.410 e. The van der Waals surface area contributed by atoms with Gasteiger partial charge in [0.1, 0.15) is 11.8 Å².